The molecule has 4 heteroatoms. The summed E-state index contributed by atoms with van der Waals surface area (Å²) in [4.78, 5) is 0. The molecule has 0 aliphatic carbocycles. The lowest BCUT2D eigenvalue weighted by Gasteiger charge is -2.27. The Morgan fingerprint density at radius 3 is 2.29 bits per heavy atom. The monoisotopic (exact) mass is 237 g/mol. The summed E-state index contributed by atoms with van der Waals surface area (Å²) in [6, 6.07) is 7.75. The van der Waals surface area contributed by atoms with Crippen LogP contribution in [-0.2, 0) is 9.47 Å². The molecule has 1 aliphatic heterocycles. The Morgan fingerprint density at radius 1 is 1.18 bits per heavy atom. The van der Waals surface area contributed by atoms with Crippen molar-refractivity contribution in [2.75, 3.05) is 13.2 Å². The first-order chi connectivity index (χ1) is 8.15. The number of ether oxygens (including phenoxy) is 3. The molecule has 0 radical (unpaired) electrons. The lowest BCUT2D eigenvalue weighted by molar-refractivity contribution is -0.189. The predicted molar refractivity (Wildman–Crippen MR) is 64.8 cm³/mol. The van der Waals surface area contributed by atoms with Crippen molar-refractivity contribution >= 4 is 0 Å². The average molecular weight is 237 g/mol. The molecule has 17 heavy (non-hydrogen) atoms. The fourth-order valence-electron chi connectivity index (χ4n) is 1.69. The molecule has 0 bridgehead atoms. The molecule has 1 heterocycles. The summed E-state index contributed by atoms with van der Waals surface area (Å²) >= 11 is 0. The second-order valence-electron chi connectivity index (χ2n) is 4.49. The maximum absolute atomic E-state index is 5.68. The van der Waals surface area contributed by atoms with E-state index in [2.05, 4.69) is 0 Å². The van der Waals surface area contributed by atoms with Gasteiger partial charge in [-0.2, -0.15) is 0 Å². The molecule has 1 aromatic carbocycles. The van der Waals surface area contributed by atoms with E-state index >= 15 is 0 Å². The van der Waals surface area contributed by atoms with Gasteiger partial charge < -0.3 is 19.9 Å². The Hall–Kier alpha value is -1.10. The van der Waals surface area contributed by atoms with Crippen molar-refractivity contribution in [1.29, 1.82) is 0 Å². The van der Waals surface area contributed by atoms with Crippen LogP contribution in [0.15, 0.2) is 24.3 Å². The molecule has 1 aliphatic rings. The van der Waals surface area contributed by atoms with Crippen molar-refractivity contribution in [3.8, 4) is 5.75 Å². The van der Waals surface area contributed by atoms with Crippen LogP contribution in [0.3, 0.4) is 0 Å². The van der Waals surface area contributed by atoms with Gasteiger partial charge >= 0.3 is 0 Å². The minimum absolute atomic E-state index is 0.0187. The summed E-state index contributed by atoms with van der Waals surface area (Å²) in [7, 11) is 0. The summed E-state index contributed by atoms with van der Waals surface area (Å²) in [6.07, 6.45) is -0.121. The molecule has 0 saturated carbocycles. The average Bonchev–Trinajstić information content (AvgIpc) is 2.30. The normalized spacial score (nSPS) is 24.9. The fourth-order valence-corrected chi connectivity index (χ4v) is 1.69. The fraction of sp³-hybridized carbons (Fsp3) is 0.538. The van der Waals surface area contributed by atoms with E-state index in [1.807, 2.05) is 38.1 Å². The van der Waals surface area contributed by atoms with Crippen molar-refractivity contribution in [2.45, 2.75) is 32.3 Å². The van der Waals surface area contributed by atoms with Crippen molar-refractivity contribution < 1.29 is 14.2 Å². The van der Waals surface area contributed by atoms with Crippen LogP contribution in [0.4, 0.5) is 0 Å². The third-order valence-electron chi connectivity index (χ3n) is 2.45. The number of benzene rings is 1. The van der Waals surface area contributed by atoms with Gasteiger partial charge in [-0.1, -0.05) is 12.1 Å². The van der Waals surface area contributed by atoms with Gasteiger partial charge in [0.1, 0.15) is 5.75 Å². The molecular formula is C13H19NO3. The Bertz CT molecular complexity index is 342. The van der Waals surface area contributed by atoms with Crippen molar-refractivity contribution in [3.63, 3.8) is 0 Å². The molecule has 1 fully saturated rings. The van der Waals surface area contributed by atoms with Crippen molar-refractivity contribution in [3.05, 3.63) is 29.8 Å². The quantitative estimate of drug-likeness (QED) is 0.871. The molecule has 0 amide bonds. The lowest BCUT2D eigenvalue weighted by atomic mass is 10.2. The largest absolute Gasteiger partial charge is 0.491 e. The van der Waals surface area contributed by atoms with Gasteiger partial charge in [-0.3, -0.25) is 0 Å². The first kappa shape index (κ1) is 12.4. The molecule has 0 unspecified atom stereocenters. The van der Waals surface area contributed by atoms with Gasteiger partial charge in [0.2, 0.25) is 0 Å². The highest BCUT2D eigenvalue weighted by Crippen LogP contribution is 2.24. The molecule has 2 rings (SSSR count). The highest BCUT2D eigenvalue weighted by molar-refractivity contribution is 5.28. The van der Waals surface area contributed by atoms with Gasteiger partial charge in [0.25, 0.3) is 0 Å². The summed E-state index contributed by atoms with van der Waals surface area (Å²) in [6.45, 7) is 5.08. The minimum Gasteiger partial charge on any atom is -0.491 e. The van der Waals surface area contributed by atoms with Gasteiger partial charge in [-0.05, 0) is 26.0 Å². The van der Waals surface area contributed by atoms with Crippen LogP contribution < -0.4 is 10.5 Å². The molecule has 0 spiro atoms. The zero-order valence-corrected chi connectivity index (χ0v) is 10.3. The lowest BCUT2D eigenvalue weighted by Crippen LogP contribution is -2.37. The van der Waals surface area contributed by atoms with Crippen molar-refractivity contribution in [1.82, 2.24) is 0 Å². The topological polar surface area (TPSA) is 53.7 Å². The SMILES string of the molecule is CC(C)Oc1ccc(C2OCC(N)CO2)cc1. The third kappa shape index (κ3) is 3.43. The smallest absolute Gasteiger partial charge is 0.183 e. The molecule has 0 atom stereocenters. The van der Waals surface area contributed by atoms with Crippen LogP contribution in [0.1, 0.15) is 25.7 Å². The maximum Gasteiger partial charge on any atom is 0.183 e. The van der Waals surface area contributed by atoms with E-state index in [1.54, 1.807) is 0 Å². The second kappa shape index (κ2) is 5.49. The van der Waals surface area contributed by atoms with E-state index in [-0.39, 0.29) is 18.4 Å². The molecule has 1 aromatic rings. The summed E-state index contributed by atoms with van der Waals surface area (Å²) < 4.78 is 16.6. The molecule has 1 saturated heterocycles. The van der Waals surface area contributed by atoms with Crippen LogP contribution >= 0.6 is 0 Å². The highest BCUT2D eigenvalue weighted by atomic mass is 16.7. The molecular weight excluding hydrogens is 218 g/mol. The van der Waals surface area contributed by atoms with Gasteiger partial charge in [0.15, 0.2) is 6.29 Å². The number of nitrogens with two attached hydrogens (primary N) is 1. The van der Waals surface area contributed by atoms with Crippen LogP contribution in [0.5, 0.6) is 5.75 Å². The Balaban J connectivity index is 1.97. The van der Waals surface area contributed by atoms with Crippen molar-refractivity contribution in [2.24, 2.45) is 5.73 Å². The maximum atomic E-state index is 5.68. The molecule has 0 aromatic heterocycles. The van der Waals surface area contributed by atoms with E-state index in [0.29, 0.717) is 13.2 Å². The highest BCUT2D eigenvalue weighted by Gasteiger charge is 2.20. The van der Waals surface area contributed by atoms with E-state index in [1.165, 1.54) is 0 Å². The third-order valence-corrected chi connectivity index (χ3v) is 2.45. The summed E-state index contributed by atoms with van der Waals surface area (Å²) in [5.41, 5.74) is 6.68. The molecule has 2 N–H and O–H groups in total. The van der Waals surface area contributed by atoms with Gasteiger partial charge in [0.05, 0.1) is 25.4 Å². The van der Waals surface area contributed by atoms with Crippen LogP contribution in [0.25, 0.3) is 0 Å². The zero-order chi connectivity index (χ0) is 12.3. The summed E-state index contributed by atoms with van der Waals surface area (Å²) in [5, 5.41) is 0. The van der Waals surface area contributed by atoms with Crippen LogP contribution in [0, 0.1) is 0 Å². The van der Waals surface area contributed by atoms with E-state index in [9.17, 15) is 0 Å². The second-order valence-corrected chi connectivity index (χ2v) is 4.49. The van der Waals surface area contributed by atoms with Gasteiger partial charge in [-0.25, -0.2) is 0 Å². The Kier molecular flexibility index (Phi) is 3.99. The first-order valence-electron chi connectivity index (χ1n) is 5.90. The van der Waals surface area contributed by atoms with E-state index in [4.69, 9.17) is 19.9 Å². The minimum atomic E-state index is -0.303. The number of rotatable bonds is 3. The zero-order valence-electron chi connectivity index (χ0n) is 10.3. The molecule has 4 nitrogen and oxygen atoms in total. The first-order valence-corrected chi connectivity index (χ1v) is 5.90. The van der Waals surface area contributed by atoms with Crippen LogP contribution in [-0.4, -0.2) is 25.4 Å². The summed E-state index contributed by atoms with van der Waals surface area (Å²) in [5.74, 6) is 0.858. The Morgan fingerprint density at radius 2 is 1.76 bits per heavy atom. The van der Waals surface area contributed by atoms with Gasteiger partial charge in [0, 0.05) is 5.56 Å². The number of hydrogen-bond acceptors (Lipinski definition) is 4. The van der Waals surface area contributed by atoms with Gasteiger partial charge in [-0.15, -0.1) is 0 Å². The van der Waals surface area contributed by atoms with E-state index < -0.39 is 0 Å². The van der Waals surface area contributed by atoms with Crippen LogP contribution in [0.2, 0.25) is 0 Å². The number of hydrogen-bond donors (Lipinski definition) is 1. The molecule has 94 valence electrons. The van der Waals surface area contributed by atoms with E-state index in [0.717, 1.165) is 11.3 Å². The standard InChI is InChI=1S/C13H19NO3/c1-9(2)17-12-5-3-10(4-6-12)13-15-7-11(14)8-16-13/h3-6,9,11,13H,7-8,14H2,1-2H3. The Labute approximate surface area is 102 Å². The predicted octanol–water partition coefficient (Wildman–Crippen LogP) is 1.85.